The summed E-state index contributed by atoms with van der Waals surface area (Å²) >= 11 is 3.16. The first kappa shape index (κ1) is 14.4. The lowest BCUT2D eigenvalue weighted by atomic mass is 10.3. The number of benzene rings is 2. The molecule has 1 aromatic heterocycles. The first-order chi connectivity index (χ1) is 10.6. The third-order valence-corrected chi connectivity index (χ3v) is 3.38. The van der Waals surface area contributed by atoms with E-state index in [1.54, 1.807) is 6.07 Å². The molecule has 0 spiro atoms. The Morgan fingerprint density at radius 1 is 1.18 bits per heavy atom. The molecule has 2 aromatic carbocycles. The van der Waals surface area contributed by atoms with Gasteiger partial charge >= 0.3 is 0 Å². The van der Waals surface area contributed by atoms with Gasteiger partial charge in [-0.25, -0.2) is 4.39 Å². The molecule has 0 unspecified atom stereocenters. The van der Waals surface area contributed by atoms with E-state index in [-0.39, 0.29) is 11.4 Å². The quantitative estimate of drug-likeness (QED) is 0.778. The molecule has 110 valence electrons. The van der Waals surface area contributed by atoms with E-state index in [0.717, 1.165) is 5.69 Å². The highest BCUT2D eigenvalue weighted by Crippen LogP contribution is 2.19. The second kappa shape index (κ2) is 6.07. The highest BCUT2D eigenvalue weighted by Gasteiger charge is 2.13. The smallest absolute Gasteiger partial charge is 0.277 e. The number of carbonyl (C=O) groups is 1. The Balaban J connectivity index is 1.80. The van der Waals surface area contributed by atoms with Crippen LogP contribution in [-0.2, 0) is 0 Å². The van der Waals surface area contributed by atoms with Crippen LogP contribution in [0.2, 0.25) is 0 Å². The van der Waals surface area contributed by atoms with Gasteiger partial charge in [-0.15, -0.1) is 5.10 Å². The van der Waals surface area contributed by atoms with Crippen LogP contribution in [0.1, 0.15) is 10.5 Å². The Bertz CT molecular complexity index is 819. The predicted molar refractivity (Wildman–Crippen MR) is 83.4 cm³/mol. The lowest BCUT2D eigenvalue weighted by Crippen LogP contribution is -2.14. The van der Waals surface area contributed by atoms with Crippen LogP contribution in [0.4, 0.5) is 10.1 Å². The standard InChI is InChI=1S/C15H10BrFN4O/c16-10-6-7-13(12(17)8-10)19-15(22)14-9-18-21(20-14)11-4-2-1-3-5-11/h1-9H,(H,19,22). The molecule has 3 aromatic rings. The summed E-state index contributed by atoms with van der Waals surface area (Å²) in [5, 5.41) is 10.6. The van der Waals surface area contributed by atoms with Crippen LogP contribution < -0.4 is 5.32 Å². The van der Waals surface area contributed by atoms with Gasteiger partial charge in [0, 0.05) is 4.47 Å². The summed E-state index contributed by atoms with van der Waals surface area (Å²) in [7, 11) is 0. The Morgan fingerprint density at radius 3 is 2.68 bits per heavy atom. The molecule has 1 N–H and O–H groups in total. The summed E-state index contributed by atoms with van der Waals surface area (Å²) in [5.41, 5.74) is 0.921. The number of rotatable bonds is 3. The first-order valence-corrected chi connectivity index (χ1v) is 7.17. The van der Waals surface area contributed by atoms with Crippen molar-refractivity contribution >= 4 is 27.5 Å². The van der Waals surface area contributed by atoms with E-state index < -0.39 is 11.7 Å². The number of hydrogen-bond acceptors (Lipinski definition) is 3. The second-order valence-corrected chi connectivity index (χ2v) is 5.35. The van der Waals surface area contributed by atoms with Gasteiger partial charge in [0.2, 0.25) is 0 Å². The zero-order valence-corrected chi connectivity index (χ0v) is 12.8. The van der Waals surface area contributed by atoms with Gasteiger partial charge in [0.1, 0.15) is 5.82 Å². The summed E-state index contributed by atoms with van der Waals surface area (Å²) in [6.45, 7) is 0. The monoisotopic (exact) mass is 360 g/mol. The third kappa shape index (κ3) is 3.04. The molecule has 22 heavy (non-hydrogen) atoms. The van der Waals surface area contributed by atoms with E-state index >= 15 is 0 Å². The van der Waals surface area contributed by atoms with E-state index in [1.165, 1.54) is 23.1 Å². The zero-order valence-electron chi connectivity index (χ0n) is 11.2. The minimum absolute atomic E-state index is 0.0856. The Kier molecular flexibility index (Phi) is 3.97. The molecule has 7 heteroatoms. The van der Waals surface area contributed by atoms with Gasteiger partial charge in [-0.05, 0) is 30.3 Å². The minimum Gasteiger partial charge on any atom is -0.318 e. The molecule has 3 rings (SSSR count). The van der Waals surface area contributed by atoms with Crippen LogP contribution in [0.25, 0.3) is 5.69 Å². The Hall–Kier alpha value is -2.54. The molecule has 0 saturated heterocycles. The zero-order chi connectivity index (χ0) is 15.5. The Labute approximate surface area is 133 Å². The maximum atomic E-state index is 13.7. The highest BCUT2D eigenvalue weighted by molar-refractivity contribution is 9.10. The van der Waals surface area contributed by atoms with Crippen molar-refractivity contribution in [3.63, 3.8) is 0 Å². The van der Waals surface area contributed by atoms with Crippen molar-refractivity contribution in [1.82, 2.24) is 15.0 Å². The van der Waals surface area contributed by atoms with Crippen LogP contribution in [-0.4, -0.2) is 20.9 Å². The number of nitrogens with zero attached hydrogens (tertiary/aromatic N) is 3. The number of para-hydroxylation sites is 1. The minimum atomic E-state index is -0.529. The maximum absolute atomic E-state index is 13.7. The fourth-order valence-electron chi connectivity index (χ4n) is 1.83. The molecule has 0 aliphatic heterocycles. The second-order valence-electron chi connectivity index (χ2n) is 4.43. The van der Waals surface area contributed by atoms with E-state index in [4.69, 9.17) is 0 Å². The summed E-state index contributed by atoms with van der Waals surface area (Å²) in [4.78, 5) is 13.4. The first-order valence-electron chi connectivity index (χ1n) is 6.37. The molecule has 0 aliphatic carbocycles. The van der Waals surface area contributed by atoms with Gasteiger partial charge in [0.25, 0.3) is 5.91 Å². The number of halogens is 2. The topological polar surface area (TPSA) is 59.8 Å². The van der Waals surface area contributed by atoms with E-state index in [0.29, 0.717) is 4.47 Å². The van der Waals surface area contributed by atoms with Gasteiger partial charge in [-0.3, -0.25) is 4.79 Å². The Morgan fingerprint density at radius 2 is 1.95 bits per heavy atom. The van der Waals surface area contributed by atoms with Gasteiger partial charge in [0.05, 0.1) is 17.6 Å². The molecule has 0 fully saturated rings. The van der Waals surface area contributed by atoms with Crippen LogP contribution in [0, 0.1) is 5.82 Å². The largest absolute Gasteiger partial charge is 0.318 e. The third-order valence-electron chi connectivity index (χ3n) is 2.89. The SMILES string of the molecule is O=C(Nc1ccc(Br)cc1F)c1cnn(-c2ccccc2)n1. The summed E-state index contributed by atoms with van der Waals surface area (Å²) in [5.74, 6) is -1.05. The molecule has 1 amide bonds. The van der Waals surface area contributed by atoms with Gasteiger partial charge in [-0.2, -0.15) is 9.90 Å². The van der Waals surface area contributed by atoms with Crippen molar-refractivity contribution in [2.24, 2.45) is 0 Å². The number of aromatic nitrogens is 3. The van der Waals surface area contributed by atoms with Crippen molar-refractivity contribution in [3.8, 4) is 5.69 Å². The van der Waals surface area contributed by atoms with Gasteiger partial charge < -0.3 is 5.32 Å². The van der Waals surface area contributed by atoms with Crippen LogP contribution >= 0.6 is 15.9 Å². The summed E-state index contributed by atoms with van der Waals surface area (Å²) < 4.78 is 14.3. The van der Waals surface area contributed by atoms with Gasteiger partial charge in [-0.1, -0.05) is 34.1 Å². The lowest BCUT2D eigenvalue weighted by molar-refractivity contribution is 0.102. The maximum Gasteiger partial charge on any atom is 0.277 e. The molecule has 0 radical (unpaired) electrons. The summed E-state index contributed by atoms with van der Waals surface area (Å²) in [6, 6.07) is 13.6. The molecule has 0 atom stereocenters. The molecule has 0 aliphatic rings. The average Bonchev–Trinajstić information content (AvgIpc) is 3.01. The molecular weight excluding hydrogens is 351 g/mol. The van der Waals surface area contributed by atoms with Crippen molar-refractivity contribution in [2.45, 2.75) is 0 Å². The van der Waals surface area contributed by atoms with Crippen molar-refractivity contribution in [3.05, 3.63) is 70.7 Å². The fraction of sp³-hybridized carbons (Fsp3) is 0. The van der Waals surface area contributed by atoms with Crippen LogP contribution in [0.5, 0.6) is 0 Å². The molecular formula is C15H10BrFN4O. The van der Waals surface area contributed by atoms with Crippen molar-refractivity contribution in [1.29, 1.82) is 0 Å². The molecule has 5 nitrogen and oxygen atoms in total. The number of amides is 1. The van der Waals surface area contributed by atoms with Gasteiger partial charge in [0.15, 0.2) is 5.69 Å². The van der Waals surface area contributed by atoms with E-state index in [2.05, 4.69) is 31.4 Å². The highest BCUT2D eigenvalue weighted by atomic mass is 79.9. The number of carbonyl (C=O) groups excluding carboxylic acids is 1. The predicted octanol–water partition coefficient (Wildman–Crippen LogP) is 3.42. The van der Waals surface area contributed by atoms with Crippen molar-refractivity contribution in [2.75, 3.05) is 5.32 Å². The van der Waals surface area contributed by atoms with Crippen molar-refractivity contribution < 1.29 is 9.18 Å². The van der Waals surface area contributed by atoms with Crippen LogP contribution in [0.3, 0.4) is 0 Å². The molecule has 0 bridgehead atoms. The molecule has 1 heterocycles. The number of hydrogen-bond donors (Lipinski definition) is 1. The molecule has 0 saturated carbocycles. The normalized spacial score (nSPS) is 10.5. The fourth-order valence-corrected chi connectivity index (χ4v) is 2.16. The lowest BCUT2D eigenvalue weighted by Gasteiger charge is -2.04. The van der Waals surface area contributed by atoms with E-state index in [9.17, 15) is 9.18 Å². The number of anilines is 1. The average molecular weight is 361 g/mol. The number of nitrogens with one attached hydrogen (secondary N) is 1. The van der Waals surface area contributed by atoms with E-state index in [1.807, 2.05) is 30.3 Å². The van der Waals surface area contributed by atoms with Crippen LogP contribution in [0.15, 0.2) is 59.2 Å². The summed E-state index contributed by atoms with van der Waals surface area (Å²) in [6.07, 6.45) is 1.33.